The molecular weight excluding hydrogens is 362 g/mol. The summed E-state index contributed by atoms with van der Waals surface area (Å²) >= 11 is 7.87. The number of hydrogen-bond donors (Lipinski definition) is 1. The average Bonchev–Trinajstić information content (AvgIpc) is 2.58. The minimum absolute atomic E-state index is 0.297. The normalized spacial score (nSPS) is 12.0. The monoisotopic (exact) mass is 369 g/mol. The van der Waals surface area contributed by atoms with Crippen LogP contribution in [0, 0.1) is 0 Å². The summed E-state index contributed by atoms with van der Waals surface area (Å²) in [5.74, 6) is -0.766. The Morgan fingerprint density at radius 3 is 2.56 bits per heavy atom. The third-order valence-electron chi connectivity index (χ3n) is 1.77. The second kappa shape index (κ2) is 5.79. The fourth-order valence-corrected chi connectivity index (χ4v) is 2.90. The van der Waals surface area contributed by atoms with Gasteiger partial charge in [0.1, 0.15) is 6.04 Å². The lowest BCUT2D eigenvalue weighted by Crippen LogP contribution is -2.38. The van der Waals surface area contributed by atoms with E-state index in [2.05, 4.69) is 41.9 Å². The van der Waals surface area contributed by atoms with Crippen molar-refractivity contribution in [1.82, 2.24) is 5.32 Å². The van der Waals surface area contributed by atoms with Gasteiger partial charge in [-0.25, -0.2) is 4.79 Å². The molecule has 0 saturated carbocycles. The van der Waals surface area contributed by atoms with Crippen LogP contribution in [0.5, 0.6) is 0 Å². The van der Waals surface area contributed by atoms with Crippen molar-refractivity contribution in [1.29, 1.82) is 0 Å². The fraction of sp³-hybridized carbons (Fsp3) is 0.333. The summed E-state index contributed by atoms with van der Waals surface area (Å²) in [6, 6.07) is 1.03. The smallest absolute Gasteiger partial charge is 0.328 e. The Labute approximate surface area is 114 Å². The number of hydrogen-bond acceptors (Lipinski definition) is 4. The molecule has 0 unspecified atom stereocenters. The number of amides is 1. The van der Waals surface area contributed by atoms with Gasteiger partial charge in [-0.05, 0) is 44.8 Å². The summed E-state index contributed by atoms with van der Waals surface area (Å²) in [7, 11) is 1.28. The molecule has 1 rings (SSSR count). The molecule has 1 N–H and O–H groups in total. The van der Waals surface area contributed by atoms with Crippen LogP contribution >= 0.6 is 43.2 Å². The summed E-state index contributed by atoms with van der Waals surface area (Å²) < 4.78 is 6.16. The van der Waals surface area contributed by atoms with E-state index in [1.54, 1.807) is 13.0 Å². The van der Waals surface area contributed by atoms with Gasteiger partial charge in [-0.1, -0.05) is 0 Å². The Balaban J connectivity index is 2.69. The molecule has 88 valence electrons. The van der Waals surface area contributed by atoms with Crippen LogP contribution in [0.15, 0.2) is 14.3 Å². The first-order valence-electron chi connectivity index (χ1n) is 4.29. The molecule has 0 aromatic carbocycles. The van der Waals surface area contributed by atoms with E-state index >= 15 is 0 Å². The highest BCUT2D eigenvalue weighted by Gasteiger charge is 2.18. The van der Waals surface area contributed by atoms with Gasteiger partial charge in [0.2, 0.25) is 0 Å². The Hall–Kier alpha value is -0.400. The van der Waals surface area contributed by atoms with Gasteiger partial charge >= 0.3 is 5.97 Å². The third kappa shape index (κ3) is 3.29. The summed E-state index contributed by atoms with van der Waals surface area (Å²) in [4.78, 5) is 23.3. The molecule has 1 aromatic rings. The molecule has 0 radical (unpaired) electrons. The second-order valence-corrected chi connectivity index (χ2v) is 6.18. The molecule has 1 amide bonds. The number of carbonyl (C=O) groups is 2. The molecule has 0 aliphatic rings. The first-order chi connectivity index (χ1) is 7.45. The van der Waals surface area contributed by atoms with Crippen molar-refractivity contribution in [3.05, 3.63) is 19.2 Å². The number of esters is 1. The lowest BCUT2D eigenvalue weighted by molar-refractivity contribution is -0.142. The van der Waals surface area contributed by atoms with E-state index in [9.17, 15) is 9.59 Å². The van der Waals surface area contributed by atoms with Crippen LogP contribution in [0.3, 0.4) is 0 Å². The molecule has 1 aromatic heterocycles. The number of ether oxygens (including phenoxy) is 1. The van der Waals surface area contributed by atoms with Crippen LogP contribution in [0.25, 0.3) is 0 Å². The van der Waals surface area contributed by atoms with E-state index in [1.807, 2.05) is 0 Å². The highest BCUT2D eigenvalue weighted by Crippen LogP contribution is 2.32. The molecular formula is C9H9Br2NO3S. The number of halogens is 2. The third-order valence-corrected chi connectivity index (χ3v) is 5.03. The van der Waals surface area contributed by atoms with E-state index in [1.165, 1.54) is 18.4 Å². The van der Waals surface area contributed by atoms with Gasteiger partial charge < -0.3 is 10.1 Å². The van der Waals surface area contributed by atoms with E-state index in [-0.39, 0.29) is 5.91 Å². The van der Waals surface area contributed by atoms with Crippen LogP contribution in [-0.4, -0.2) is 25.0 Å². The zero-order valence-corrected chi connectivity index (χ0v) is 12.5. The van der Waals surface area contributed by atoms with Crippen molar-refractivity contribution >= 4 is 55.1 Å². The van der Waals surface area contributed by atoms with E-state index in [0.717, 1.165) is 8.26 Å². The van der Waals surface area contributed by atoms with Crippen LogP contribution in [0.4, 0.5) is 0 Å². The van der Waals surface area contributed by atoms with Crippen molar-refractivity contribution in [2.24, 2.45) is 0 Å². The largest absolute Gasteiger partial charge is 0.467 e. The molecule has 0 spiro atoms. The van der Waals surface area contributed by atoms with E-state index < -0.39 is 12.0 Å². The minimum atomic E-state index is -0.655. The maximum Gasteiger partial charge on any atom is 0.328 e. The SMILES string of the molecule is COC(=O)[C@@H](C)NC(=O)c1cc(Br)c(Br)s1. The molecule has 1 heterocycles. The molecule has 0 saturated heterocycles. The van der Waals surface area contributed by atoms with Gasteiger partial charge in [0.05, 0.1) is 15.8 Å². The molecule has 0 aliphatic heterocycles. The number of thiophene rings is 1. The predicted molar refractivity (Wildman–Crippen MR) is 68.7 cm³/mol. The van der Waals surface area contributed by atoms with Crippen molar-refractivity contribution in [3.8, 4) is 0 Å². The molecule has 0 fully saturated rings. The van der Waals surface area contributed by atoms with Gasteiger partial charge in [-0.15, -0.1) is 11.3 Å². The van der Waals surface area contributed by atoms with E-state index in [4.69, 9.17) is 0 Å². The van der Waals surface area contributed by atoms with Crippen LogP contribution in [-0.2, 0) is 9.53 Å². The minimum Gasteiger partial charge on any atom is -0.467 e. The first-order valence-corrected chi connectivity index (χ1v) is 6.69. The summed E-state index contributed by atoms with van der Waals surface area (Å²) in [5, 5.41) is 2.54. The average molecular weight is 371 g/mol. The van der Waals surface area contributed by atoms with Crippen LogP contribution in [0.2, 0.25) is 0 Å². The fourth-order valence-electron chi connectivity index (χ4n) is 0.962. The Morgan fingerprint density at radius 1 is 1.50 bits per heavy atom. The topological polar surface area (TPSA) is 55.4 Å². The zero-order chi connectivity index (χ0) is 12.3. The Bertz CT molecular complexity index is 399. The molecule has 4 nitrogen and oxygen atoms in total. The van der Waals surface area contributed by atoms with E-state index in [0.29, 0.717) is 4.88 Å². The lowest BCUT2D eigenvalue weighted by Gasteiger charge is -2.10. The van der Waals surface area contributed by atoms with Gasteiger partial charge in [-0.3, -0.25) is 4.79 Å². The van der Waals surface area contributed by atoms with Crippen molar-refractivity contribution in [2.75, 3.05) is 7.11 Å². The maximum absolute atomic E-state index is 11.7. The summed E-state index contributed by atoms with van der Waals surface area (Å²) in [6.07, 6.45) is 0. The number of rotatable bonds is 3. The highest BCUT2D eigenvalue weighted by atomic mass is 79.9. The van der Waals surface area contributed by atoms with Crippen molar-refractivity contribution in [3.63, 3.8) is 0 Å². The summed E-state index contributed by atoms with van der Waals surface area (Å²) in [6.45, 7) is 1.57. The second-order valence-electron chi connectivity index (χ2n) is 2.95. The number of carbonyl (C=O) groups excluding carboxylic acids is 2. The number of nitrogens with one attached hydrogen (secondary N) is 1. The van der Waals surface area contributed by atoms with Crippen molar-refractivity contribution in [2.45, 2.75) is 13.0 Å². The first kappa shape index (κ1) is 13.7. The van der Waals surface area contributed by atoms with Crippen molar-refractivity contribution < 1.29 is 14.3 Å². The standard InChI is InChI=1S/C9H9Br2NO3S/c1-4(9(14)15-2)12-8(13)6-3-5(10)7(11)16-6/h3-4H,1-2H3,(H,12,13)/t4-/m1/s1. The van der Waals surface area contributed by atoms with Crippen LogP contribution in [0.1, 0.15) is 16.6 Å². The summed E-state index contributed by atoms with van der Waals surface area (Å²) in [5.41, 5.74) is 0. The quantitative estimate of drug-likeness (QED) is 0.832. The number of methoxy groups -OCH3 is 1. The predicted octanol–water partition coefficient (Wildman–Crippen LogP) is 2.56. The lowest BCUT2D eigenvalue weighted by atomic mass is 10.3. The molecule has 16 heavy (non-hydrogen) atoms. The van der Waals surface area contributed by atoms with Gasteiger partial charge in [0, 0.05) is 4.47 Å². The maximum atomic E-state index is 11.7. The molecule has 7 heteroatoms. The Morgan fingerprint density at radius 2 is 2.12 bits per heavy atom. The van der Waals surface area contributed by atoms with Gasteiger partial charge in [0.15, 0.2) is 0 Å². The zero-order valence-electron chi connectivity index (χ0n) is 8.54. The molecule has 0 bridgehead atoms. The molecule has 1 atom stereocenters. The molecule has 0 aliphatic carbocycles. The van der Waals surface area contributed by atoms with Crippen LogP contribution < -0.4 is 5.32 Å². The van der Waals surface area contributed by atoms with Gasteiger partial charge in [0.25, 0.3) is 5.91 Å². The highest BCUT2D eigenvalue weighted by molar-refractivity contribution is 9.13. The van der Waals surface area contributed by atoms with Gasteiger partial charge in [-0.2, -0.15) is 0 Å². The Kier molecular flexibility index (Phi) is 4.94.